The minimum atomic E-state index is 0.0247. The van der Waals surface area contributed by atoms with Crippen LogP contribution < -0.4 is 11.1 Å². The van der Waals surface area contributed by atoms with E-state index in [0.717, 1.165) is 40.4 Å². The first-order valence-electron chi connectivity index (χ1n) is 6.16. The van der Waals surface area contributed by atoms with E-state index in [0.29, 0.717) is 0 Å². The number of hydrogen-bond acceptors (Lipinski definition) is 5. The average Bonchev–Trinajstić information content (AvgIpc) is 2.70. The van der Waals surface area contributed by atoms with Gasteiger partial charge in [0.05, 0.1) is 15.8 Å². The first-order chi connectivity index (χ1) is 8.71. The van der Waals surface area contributed by atoms with Gasteiger partial charge in [-0.2, -0.15) is 0 Å². The number of nitrogens with two attached hydrogens (primary N) is 1. The molecule has 0 aliphatic heterocycles. The van der Waals surface area contributed by atoms with Crippen molar-refractivity contribution in [3.8, 4) is 0 Å². The second-order valence-electron chi connectivity index (χ2n) is 4.84. The molecule has 0 saturated heterocycles. The van der Waals surface area contributed by atoms with Gasteiger partial charge in [-0.05, 0) is 37.5 Å². The maximum absolute atomic E-state index is 5.77. The Morgan fingerprint density at radius 3 is 3.00 bits per heavy atom. The SMILES string of the molecule is COC1(CNc2nc3ccc(N)cc3s2)CCC1. The number of rotatable bonds is 4. The number of thiazole rings is 1. The molecule has 2 aromatic rings. The summed E-state index contributed by atoms with van der Waals surface area (Å²) in [5, 5.41) is 4.33. The lowest BCUT2D eigenvalue weighted by molar-refractivity contribution is -0.0601. The van der Waals surface area contributed by atoms with Crippen LogP contribution in [0.1, 0.15) is 19.3 Å². The van der Waals surface area contributed by atoms with Crippen LogP contribution in [0.15, 0.2) is 18.2 Å². The molecule has 0 atom stereocenters. The third kappa shape index (κ3) is 2.04. The summed E-state index contributed by atoms with van der Waals surface area (Å²) in [7, 11) is 1.79. The fourth-order valence-corrected chi connectivity index (χ4v) is 3.19. The van der Waals surface area contributed by atoms with E-state index >= 15 is 0 Å². The van der Waals surface area contributed by atoms with Crippen LogP contribution in [0.5, 0.6) is 0 Å². The molecule has 0 radical (unpaired) electrons. The van der Waals surface area contributed by atoms with Crippen molar-refractivity contribution in [2.24, 2.45) is 0 Å². The lowest BCUT2D eigenvalue weighted by Crippen LogP contribution is -2.45. The smallest absolute Gasteiger partial charge is 0.183 e. The summed E-state index contributed by atoms with van der Waals surface area (Å²) in [4.78, 5) is 4.55. The van der Waals surface area contributed by atoms with Crippen LogP contribution in [0.25, 0.3) is 10.2 Å². The zero-order valence-corrected chi connectivity index (χ0v) is 11.2. The monoisotopic (exact) mass is 263 g/mol. The zero-order valence-electron chi connectivity index (χ0n) is 10.4. The number of benzene rings is 1. The van der Waals surface area contributed by atoms with Gasteiger partial charge in [0, 0.05) is 19.3 Å². The van der Waals surface area contributed by atoms with Crippen LogP contribution in [0.2, 0.25) is 0 Å². The molecule has 1 aliphatic carbocycles. The number of hydrogen-bond donors (Lipinski definition) is 2. The Morgan fingerprint density at radius 2 is 2.33 bits per heavy atom. The molecule has 96 valence electrons. The van der Waals surface area contributed by atoms with Crippen molar-refractivity contribution >= 4 is 32.4 Å². The molecular formula is C13H17N3OS. The standard InChI is InChI=1S/C13H17N3OS/c1-17-13(5-2-6-13)8-15-12-16-10-4-3-9(14)7-11(10)18-12/h3-4,7H,2,5-6,8,14H2,1H3,(H,15,16). The van der Waals surface area contributed by atoms with Crippen molar-refractivity contribution in [3.63, 3.8) is 0 Å². The number of fused-ring (bicyclic) bond motifs is 1. The second-order valence-corrected chi connectivity index (χ2v) is 5.87. The summed E-state index contributed by atoms with van der Waals surface area (Å²) in [5.74, 6) is 0. The van der Waals surface area contributed by atoms with Crippen LogP contribution in [0, 0.1) is 0 Å². The van der Waals surface area contributed by atoms with Crippen LogP contribution in [0.3, 0.4) is 0 Å². The van der Waals surface area contributed by atoms with Gasteiger partial charge in [0.1, 0.15) is 0 Å². The molecular weight excluding hydrogens is 246 g/mol. The molecule has 0 amide bonds. The molecule has 1 heterocycles. The molecule has 1 saturated carbocycles. The highest BCUT2D eigenvalue weighted by atomic mass is 32.1. The predicted octanol–water partition coefficient (Wildman–Crippen LogP) is 2.86. The number of nitrogens with one attached hydrogen (secondary N) is 1. The highest BCUT2D eigenvalue weighted by Gasteiger charge is 2.36. The fourth-order valence-electron chi connectivity index (χ4n) is 2.28. The number of ether oxygens (including phenoxy) is 1. The molecule has 5 heteroatoms. The van der Waals surface area contributed by atoms with E-state index in [1.807, 2.05) is 18.2 Å². The van der Waals surface area contributed by atoms with Crippen LogP contribution >= 0.6 is 11.3 Å². The van der Waals surface area contributed by atoms with E-state index < -0.39 is 0 Å². The average molecular weight is 263 g/mol. The maximum Gasteiger partial charge on any atom is 0.183 e. The normalized spacial score (nSPS) is 17.6. The van der Waals surface area contributed by atoms with E-state index in [9.17, 15) is 0 Å². The summed E-state index contributed by atoms with van der Waals surface area (Å²) in [6.07, 6.45) is 3.52. The van der Waals surface area contributed by atoms with Crippen LogP contribution in [-0.2, 0) is 4.74 Å². The quantitative estimate of drug-likeness (QED) is 0.833. The number of methoxy groups -OCH3 is 1. The lowest BCUT2D eigenvalue weighted by Gasteiger charge is -2.40. The van der Waals surface area contributed by atoms with E-state index in [-0.39, 0.29) is 5.60 Å². The molecule has 3 rings (SSSR count). The second kappa shape index (κ2) is 4.40. The Morgan fingerprint density at radius 1 is 1.50 bits per heavy atom. The minimum absolute atomic E-state index is 0.0247. The van der Waals surface area contributed by atoms with Crippen molar-refractivity contribution in [2.45, 2.75) is 24.9 Å². The molecule has 1 fully saturated rings. The van der Waals surface area contributed by atoms with Crippen LogP contribution in [-0.4, -0.2) is 24.2 Å². The van der Waals surface area contributed by atoms with Crippen LogP contribution in [0.4, 0.5) is 10.8 Å². The van der Waals surface area contributed by atoms with Gasteiger partial charge in [-0.1, -0.05) is 11.3 Å². The molecule has 0 unspecified atom stereocenters. The molecule has 0 bridgehead atoms. The number of nitrogens with zero attached hydrogens (tertiary/aromatic N) is 1. The lowest BCUT2D eigenvalue weighted by atomic mass is 9.80. The van der Waals surface area contributed by atoms with Gasteiger partial charge in [-0.3, -0.25) is 0 Å². The zero-order chi connectivity index (χ0) is 12.6. The molecule has 1 aliphatic rings. The predicted molar refractivity (Wildman–Crippen MR) is 76.1 cm³/mol. The van der Waals surface area contributed by atoms with E-state index in [1.165, 1.54) is 6.42 Å². The van der Waals surface area contributed by atoms with E-state index in [2.05, 4.69) is 10.3 Å². The Balaban J connectivity index is 1.74. The van der Waals surface area contributed by atoms with Gasteiger partial charge in [-0.15, -0.1) is 0 Å². The third-order valence-electron chi connectivity index (χ3n) is 3.67. The summed E-state index contributed by atoms with van der Waals surface area (Å²) < 4.78 is 6.71. The minimum Gasteiger partial charge on any atom is -0.399 e. The fraction of sp³-hybridized carbons (Fsp3) is 0.462. The molecule has 1 aromatic heterocycles. The van der Waals surface area contributed by atoms with Gasteiger partial charge in [0.15, 0.2) is 5.13 Å². The van der Waals surface area contributed by atoms with Gasteiger partial charge < -0.3 is 15.8 Å². The Hall–Kier alpha value is -1.33. The van der Waals surface area contributed by atoms with Crippen molar-refractivity contribution in [2.75, 3.05) is 24.7 Å². The first kappa shape index (κ1) is 11.7. The largest absolute Gasteiger partial charge is 0.399 e. The van der Waals surface area contributed by atoms with Crippen molar-refractivity contribution in [1.82, 2.24) is 4.98 Å². The van der Waals surface area contributed by atoms with Gasteiger partial charge >= 0.3 is 0 Å². The van der Waals surface area contributed by atoms with Crippen molar-refractivity contribution < 1.29 is 4.74 Å². The maximum atomic E-state index is 5.77. The number of nitrogen functional groups attached to an aromatic ring is 1. The van der Waals surface area contributed by atoms with Gasteiger partial charge in [0.25, 0.3) is 0 Å². The highest BCUT2D eigenvalue weighted by molar-refractivity contribution is 7.22. The molecule has 4 nitrogen and oxygen atoms in total. The van der Waals surface area contributed by atoms with E-state index in [1.54, 1.807) is 18.4 Å². The topological polar surface area (TPSA) is 60.2 Å². The van der Waals surface area contributed by atoms with E-state index in [4.69, 9.17) is 10.5 Å². The Bertz CT molecular complexity index is 557. The first-order valence-corrected chi connectivity index (χ1v) is 6.98. The van der Waals surface area contributed by atoms with Gasteiger partial charge in [0.2, 0.25) is 0 Å². The number of aromatic nitrogens is 1. The molecule has 3 N–H and O–H groups in total. The Labute approximate surface area is 110 Å². The summed E-state index contributed by atoms with van der Waals surface area (Å²) in [6, 6.07) is 5.81. The molecule has 1 aromatic carbocycles. The summed E-state index contributed by atoms with van der Waals surface area (Å²) in [6.45, 7) is 0.832. The third-order valence-corrected chi connectivity index (χ3v) is 4.65. The highest BCUT2D eigenvalue weighted by Crippen LogP contribution is 2.36. The molecule has 0 spiro atoms. The van der Waals surface area contributed by atoms with Crippen molar-refractivity contribution in [1.29, 1.82) is 0 Å². The van der Waals surface area contributed by atoms with Gasteiger partial charge in [-0.25, -0.2) is 4.98 Å². The molecule has 18 heavy (non-hydrogen) atoms. The number of anilines is 2. The Kier molecular flexibility index (Phi) is 2.87. The summed E-state index contributed by atoms with van der Waals surface area (Å²) in [5.41, 5.74) is 7.57. The summed E-state index contributed by atoms with van der Waals surface area (Å²) >= 11 is 1.64. The van der Waals surface area contributed by atoms with Crippen molar-refractivity contribution in [3.05, 3.63) is 18.2 Å².